The quantitative estimate of drug-likeness (QED) is 0.296. The molecule has 0 aromatic carbocycles. The molecule has 0 radical (unpaired) electrons. The lowest BCUT2D eigenvalue weighted by Gasteiger charge is -2.32. The summed E-state index contributed by atoms with van der Waals surface area (Å²) in [5.74, 6) is 0.276. The average Bonchev–Trinajstić information content (AvgIpc) is 2.26. The number of hydrogen-bond donors (Lipinski definition) is 2. The van der Waals surface area contributed by atoms with E-state index in [-0.39, 0.29) is 5.84 Å². The smallest absolute Gasteiger partial charge is 0.153 e. The lowest BCUT2D eigenvalue weighted by atomic mass is 10.1. The van der Waals surface area contributed by atoms with Crippen molar-refractivity contribution >= 4 is 5.84 Å². The van der Waals surface area contributed by atoms with Crippen molar-refractivity contribution in [3.63, 3.8) is 0 Å². The normalized spacial score (nSPS) is 20.3. The van der Waals surface area contributed by atoms with Gasteiger partial charge < -0.3 is 15.7 Å². The minimum absolute atomic E-state index is 0.276. The fraction of sp³-hybridized carbons (Fsp3) is 0.889. The Morgan fingerprint density at radius 2 is 2.21 bits per heavy atom. The molecule has 5 heteroatoms. The van der Waals surface area contributed by atoms with E-state index in [9.17, 15) is 0 Å². The van der Waals surface area contributed by atoms with Gasteiger partial charge in [-0.3, -0.25) is 4.90 Å². The Morgan fingerprint density at radius 3 is 2.71 bits per heavy atom. The number of nitrogens with zero attached hydrogens (tertiary/aromatic N) is 2. The Morgan fingerprint density at radius 1 is 1.57 bits per heavy atom. The van der Waals surface area contributed by atoms with Crippen LogP contribution in [0.4, 0.5) is 0 Å². The summed E-state index contributed by atoms with van der Waals surface area (Å²) >= 11 is 0. The molecule has 1 saturated heterocycles. The van der Waals surface area contributed by atoms with Crippen LogP contribution >= 0.6 is 0 Å². The summed E-state index contributed by atoms with van der Waals surface area (Å²) < 4.78 is 5.29. The number of nitrogens with two attached hydrogens (primary N) is 1. The van der Waals surface area contributed by atoms with Gasteiger partial charge in [0.15, 0.2) is 5.84 Å². The van der Waals surface area contributed by atoms with Crippen LogP contribution in [0.1, 0.15) is 19.8 Å². The Balaban J connectivity index is 2.43. The van der Waals surface area contributed by atoms with Crippen molar-refractivity contribution in [2.24, 2.45) is 10.9 Å². The molecule has 1 heterocycles. The minimum atomic E-state index is 0.276. The molecule has 5 nitrogen and oxygen atoms in total. The van der Waals surface area contributed by atoms with E-state index in [0.29, 0.717) is 12.6 Å². The van der Waals surface area contributed by atoms with E-state index in [0.717, 1.165) is 32.6 Å². The minimum Gasteiger partial charge on any atom is -0.409 e. The van der Waals surface area contributed by atoms with Gasteiger partial charge in [-0.05, 0) is 19.4 Å². The molecule has 0 bridgehead atoms. The molecule has 0 aromatic rings. The molecule has 0 aliphatic carbocycles. The summed E-state index contributed by atoms with van der Waals surface area (Å²) in [6.07, 6.45) is 2.07. The lowest BCUT2D eigenvalue weighted by molar-refractivity contribution is 0.0409. The van der Waals surface area contributed by atoms with Crippen molar-refractivity contribution in [1.82, 2.24) is 4.90 Å². The predicted molar refractivity (Wildman–Crippen MR) is 54.5 cm³/mol. The highest BCUT2D eigenvalue weighted by Gasteiger charge is 2.20. The zero-order valence-corrected chi connectivity index (χ0v) is 8.65. The first-order chi connectivity index (χ1) is 6.77. The predicted octanol–water partition coefficient (Wildman–Crippen LogP) is 0.234. The number of rotatable bonds is 4. The van der Waals surface area contributed by atoms with Crippen molar-refractivity contribution in [2.45, 2.75) is 25.8 Å². The van der Waals surface area contributed by atoms with E-state index in [1.54, 1.807) is 0 Å². The van der Waals surface area contributed by atoms with Gasteiger partial charge in [-0.15, -0.1) is 0 Å². The Kier molecular flexibility index (Phi) is 4.69. The van der Waals surface area contributed by atoms with Gasteiger partial charge in [0.25, 0.3) is 0 Å². The molecule has 3 N–H and O–H groups in total. The second-order valence-corrected chi connectivity index (χ2v) is 3.50. The number of ether oxygens (including phenoxy) is 1. The van der Waals surface area contributed by atoms with Crippen LogP contribution in [0.2, 0.25) is 0 Å². The van der Waals surface area contributed by atoms with Gasteiger partial charge >= 0.3 is 0 Å². The van der Waals surface area contributed by atoms with E-state index in [2.05, 4.69) is 17.0 Å². The highest BCUT2D eigenvalue weighted by Crippen LogP contribution is 2.13. The summed E-state index contributed by atoms with van der Waals surface area (Å²) in [7, 11) is 0. The highest BCUT2D eigenvalue weighted by molar-refractivity contribution is 5.81. The number of oxime groups is 1. The largest absolute Gasteiger partial charge is 0.409 e. The van der Waals surface area contributed by atoms with Crippen LogP contribution in [0, 0.1) is 0 Å². The van der Waals surface area contributed by atoms with Gasteiger partial charge in [0.1, 0.15) is 0 Å². The van der Waals surface area contributed by atoms with Gasteiger partial charge in [-0.25, -0.2) is 0 Å². The summed E-state index contributed by atoms with van der Waals surface area (Å²) in [5.41, 5.74) is 5.48. The third kappa shape index (κ3) is 3.16. The molecule has 1 rings (SSSR count). The summed E-state index contributed by atoms with van der Waals surface area (Å²) in [6, 6.07) is 0.508. The topological polar surface area (TPSA) is 71.1 Å². The van der Waals surface area contributed by atoms with E-state index < -0.39 is 0 Å². The van der Waals surface area contributed by atoms with Crippen LogP contribution < -0.4 is 5.73 Å². The molecule has 1 aliphatic rings. The van der Waals surface area contributed by atoms with Crippen LogP contribution in [0.25, 0.3) is 0 Å². The first-order valence-electron chi connectivity index (χ1n) is 5.06. The molecule has 1 aliphatic heterocycles. The molecule has 1 fully saturated rings. The van der Waals surface area contributed by atoms with Crippen LogP contribution in [-0.4, -0.2) is 48.3 Å². The molecule has 0 unspecified atom stereocenters. The molecule has 0 spiro atoms. The molecular weight excluding hydrogens is 182 g/mol. The van der Waals surface area contributed by atoms with Crippen LogP contribution in [0.3, 0.4) is 0 Å². The first-order valence-corrected chi connectivity index (χ1v) is 5.06. The van der Waals surface area contributed by atoms with E-state index in [4.69, 9.17) is 15.7 Å². The molecule has 82 valence electrons. The second kappa shape index (κ2) is 5.82. The standard InChI is InChI=1S/C9H19N3O2/c1-2-12(7-9(10)11-13)8-3-5-14-6-4-8/h8,13H,2-7H2,1H3,(H2,10,11). The number of likely N-dealkylation sites (N-methyl/N-ethyl adjacent to an activating group) is 1. The van der Waals surface area contributed by atoms with Crippen molar-refractivity contribution in [1.29, 1.82) is 0 Å². The molecule has 0 atom stereocenters. The maximum Gasteiger partial charge on any atom is 0.153 e. The highest BCUT2D eigenvalue weighted by atomic mass is 16.5. The van der Waals surface area contributed by atoms with Crippen molar-refractivity contribution in [3.8, 4) is 0 Å². The summed E-state index contributed by atoms with van der Waals surface area (Å²) in [4.78, 5) is 2.22. The lowest BCUT2D eigenvalue weighted by Crippen LogP contribution is -2.43. The first kappa shape index (κ1) is 11.3. The molecule has 0 aromatic heterocycles. The van der Waals surface area contributed by atoms with Gasteiger partial charge in [-0.2, -0.15) is 0 Å². The van der Waals surface area contributed by atoms with Gasteiger partial charge in [0, 0.05) is 19.3 Å². The second-order valence-electron chi connectivity index (χ2n) is 3.50. The fourth-order valence-electron chi connectivity index (χ4n) is 1.79. The molecule has 0 saturated carbocycles. The van der Waals surface area contributed by atoms with Crippen LogP contribution in [0.5, 0.6) is 0 Å². The average molecular weight is 201 g/mol. The Bertz CT molecular complexity index is 190. The molecule has 14 heavy (non-hydrogen) atoms. The van der Waals surface area contributed by atoms with Crippen LogP contribution in [-0.2, 0) is 4.74 Å². The Labute approximate surface area is 84.5 Å². The summed E-state index contributed by atoms with van der Waals surface area (Å²) in [5, 5.41) is 11.5. The number of amidine groups is 1. The third-order valence-electron chi connectivity index (χ3n) is 2.61. The van der Waals surface area contributed by atoms with E-state index >= 15 is 0 Å². The molecule has 0 amide bonds. The van der Waals surface area contributed by atoms with Gasteiger partial charge in [0.05, 0.1) is 6.54 Å². The van der Waals surface area contributed by atoms with Crippen molar-refractivity contribution < 1.29 is 9.94 Å². The molecular formula is C9H19N3O2. The number of hydrogen-bond acceptors (Lipinski definition) is 4. The van der Waals surface area contributed by atoms with Gasteiger partial charge in [-0.1, -0.05) is 12.1 Å². The van der Waals surface area contributed by atoms with Crippen LogP contribution in [0.15, 0.2) is 5.16 Å². The SMILES string of the molecule is CCN(CC(N)=NO)C1CCOCC1. The fourth-order valence-corrected chi connectivity index (χ4v) is 1.79. The Hall–Kier alpha value is -0.810. The maximum atomic E-state index is 8.49. The zero-order chi connectivity index (χ0) is 10.4. The monoisotopic (exact) mass is 201 g/mol. The summed E-state index contributed by atoms with van der Waals surface area (Å²) in [6.45, 7) is 5.17. The maximum absolute atomic E-state index is 8.49. The van der Waals surface area contributed by atoms with E-state index in [1.807, 2.05) is 0 Å². The van der Waals surface area contributed by atoms with Crippen molar-refractivity contribution in [2.75, 3.05) is 26.3 Å². The third-order valence-corrected chi connectivity index (χ3v) is 2.61. The van der Waals surface area contributed by atoms with Crippen molar-refractivity contribution in [3.05, 3.63) is 0 Å². The van der Waals surface area contributed by atoms with E-state index in [1.165, 1.54) is 0 Å². The zero-order valence-electron chi connectivity index (χ0n) is 8.65. The van der Waals surface area contributed by atoms with Gasteiger partial charge in [0.2, 0.25) is 0 Å².